The molecule has 4 nitrogen and oxygen atoms in total. The fraction of sp³-hybridized carbons (Fsp3) is 0.533. The molecule has 1 fully saturated rings. The lowest BCUT2D eigenvalue weighted by Gasteiger charge is -2.23. The van der Waals surface area contributed by atoms with Gasteiger partial charge < -0.3 is 15.4 Å². The molecule has 0 aromatic heterocycles. The van der Waals surface area contributed by atoms with Crippen molar-refractivity contribution in [1.82, 2.24) is 10.6 Å². The molecule has 2 N–H and O–H groups in total. The summed E-state index contributed by atoms with van der Waals surface area (Å²) in [5.74, 6) is 1.81. The molecule has 20 heavy (non-hydrogen) atoms. The van der Waals surface area contributed by atoms with Crippen LogP contribution in [0.2, 0.25) is 0 Å². The minimum Gasteiger partial charge on any atom is -0.497 e. The van der Waals surface area contributed by atoms with Crippen LogP contribution in [0.15, 0.2) is 29.2 Å². The molecule has 1 saturated heterocycles. The standard InChI is InChI=1S/C15H22N2O2S/c1-19-13-4-6-14(7-5-13)20-10-8-15(18)17-12-3-2-9-16-11-12/h4-7,12,16H,2-3,8-11H2,1H3,(H,17,18). The zero-order valence-electron chi connectivity index (χ0n) is 11.9. The molecule has 0 spiro atoms. The van der Waals surface area contributed by atoms with E-state index in [2.05, 4.69) is 10.6 Å². The molecule has 0 radical (unpaired) electrons. The highest BCUT2D eigenvalue weighted by atomic mass is 32.2. The van der Waals surface area contributed by atoms with Crippen LogP contribution in [0.4, 0.5) is 0 Å². The number of nitrogens with one attached hydrogen (secondary N) is 2. The maximum atomic E-state index is 11.8. The minimum absolute atomic E-state index is 0.153. The SMILES string of the molecule is COc1ccc(SCCC(=O)NC2CCCNC2)cc1. The van der Waals surface area contributed by atoms with E-state index in [1.54, 1.807) is 18.9 Å². The van der Waals surface area contributed by atoms with Gasteiger partial charge in [-0.3, -0.25) is 4.79 Å². The van der Waals surface area contributed by atoms with Crippen molar-refractivity contribution < 1.29 is 9.53 Å². The van der Waals surface area contributed by atoms with E-state index in [1.165, 1.54) is 0 Å². The van der Waals surface area contributed by atoms with Gasteiger partial charge in [0.1, 0.15) is 5.75 Å². The first kappa shape index (κ1) is 15.2. The summed E-state index contributed by atoms with van der Waals surface area (Å²) in [5, 5.41) is 6.39. The Hall–Kier alpha value is -1.20. The normalized spacial score (nSPS) is 18.6. The molecule has 1 unspecified atom stereocenters. The number of hydrogen-bond acceptors (Lipinski definition) is 4. The Bertz CT molecular complexity index is 416. The third-order valence-electron chi connectivity index (χ3n) is 3.32. The lowest BCUT2D eigenvalue weighted by Crippen LogP contribution is -2.45. The van der Waals surface area contributed by atoms with Crippen LogP contribution >= 0.6 is 11.8 Å². The van der Waals surface area contributed by atoms with Crippen molar-refractivity contribution in [3.05, 3.63) is 24.3 Å². The van der Waals surface area contributed by atoms with Gasteiger partial charge in [-0.2, -0.15) is 0 Å². The Morgan fingerprint density at radius 2 is 2.25 bits per heavy atom. The monoisotopic (exact) mass is 294 g/mol. The molecule has 1 aliphatic heterocycles. The summed E-state index contributed by atoms with van der Waals surface area (Å²) in [6, 6.07) is 8.23. The Labute approximate surface area is 124 Å². The minimum atomic E-state index is 0.153. The first-order valence-electron chi connectivity index (χ1n) is 7.05. The van der Waals surface area contributed by atoms with Crippen molar-refractivity contribution in [1.29, 1.82) is 0 Å². The number of carbonyl (C=O) groups excluding carboxylic acids is 1. The van der Waals surface area contributed by atoms with E-state index in [0.717, 1.165) is 42.3 Å². The molecular formula is C15H22N2O2S. The molecule has 110 valence electrons. The number of benzene rings is 1. The smallest absolute Gasteiger partial charge is 0.221 e. The fourth-order valence-electron chi connectivity index (χ4n) is 2.21. The number of thioether (sulfide) groups is 1. The van der Waals surface area contributed by atoms with Crippen LogP contribution < -0.4 is 15.4 Å². The molecule has 2 rings (SSSR count). The quantitative estimate of drug-likeness (QED) is 0.788. The molecule has 0 bridgehead atoms. The van der Waals surface area contributed by atoms with E-state index in [9.17, 15) is 4.79 Å². The second-order valence-electron chi connectivity index (χ2n) is 4.88. The zero-order chi connectivity index (χ0) is 14.2. The van der Waals surface area contributed by atoms with Crippen molar-refractivity contribution in [3.8, 4) is 5.75 Å². The number of ether oxygens (including phenoxy) is 1. The highest BCUT2D eigenvalue weighted by molar-refractivity contribution is 7.99. The van der Waals surface area contributed by atoms with Gasteiger partial charge in [0.2, 0.25) is 5.91 Å². The van der Waals surface area contributed by atoms with Crippen molar-refractivity contribution in [3.63, 3.8) is 0 Å². The van der Waals surface area contributed by atoms with Crippen molar-refractivity contribution in [2.75, 3.05) is 26.0 Å². The molecule has 5 heteroatoms. The second kappa shape index (κ2) is 8.17. The summed E-state index contributed by atoms with van der Waals surface area (Å²) in [5.41, 5.74) is 0. The van der Waals surface area contributed by atoms with Crippen molar-refractivity contribution in [2.24, 2.45) is 0 Å². The van der Waals surface area contributed by atoms with E-state index in [4.69, 9.17) is 4.74 Å². The second-order valence-corrected chi connectivity index (χ2v) is 6.05. The van der Waals surface area contributed by atoms with Crippen LogP contribution in [0.1, 0.15) is 19.3 Å². The molecular weight excluding hydrogens is 272 g/mol. The van der Waals surface area contributed by atoms with Crippen LogP contribution in [0.25, 0.3) is 0 Å². The van der Waals surface area contributed by atoms with E-state index >= 15 is 0 Å². The molecule has 0 saturated carbocycles. The Kier molecular flexibility index (Phi) is 6.21. The molecule has 1 aromatic rings. The molecule has 1 amide bonds. The topological polar surface area (TPSA) is 50.4 Å². The van der Waals surface area contributed by atoms with Crippen molar-refractivity contribution in [2.45, 2.75) is 30.2 Å². The van der Waals surface area contributed by atoms with Crippen LogP contribution in [0.3, 0.4) is 0 Å². The van der Waals surface area contributed by atoms with E-state index in [-0.39, 0.29) is 5.91 Å². The molecule has 1 aromatic carbocycles. The van der Waals surface area contributed by atoms with Gasteiger partial charge in [0.25, 0.3) is 0 Å². The summed E-state index contributed by atoms with van der Waals surface area (Å²) >= 11 is 1.70. The number of hydrogen-bond donors (Lipinski definition) is 2. The Morgan fingerprint density at radius 3 is 2.90 bits per heavy atom. The summed E-state index contributed by atoms with van der Waals surface area (Å²) in [4.78, 5) is 13.0. The molecule has 0 aliphatic carbocycles. The van der Waals surface area contributed by atoms with Crippen LogP contribution in [0, 0.1) is 0 Å². The number of carbonyl (C=O) groups is 1. The first-order valence-corrected chi connectivity index (χ1v) is 8.03. The number of amides is 1. The zero-order valence-corrected chi connectivity index (χ0v) is 12.7. The van der Waals surface area contributed by atoms with E-state index in [0.29, 0.717) is 12.5 Å². The first-order chi connectivity index (χ1) is 9.78. The van der Waals surface area contributed by atoms with Crippen LogP contribution in [-0.4, -0.2) is 37.9 Å². The number of rotatable bonds is 6. The molecule has 1 atom stereocenters. The molecule has 1 heterocycles. The lowest BCUT2D eigenvalue weighted by molar-refractivity contribution is -0.121. The Balaban J connectivity index is 1.65. The van der Waals surface area contributed by atoms with Gasteiger partial charge in [-0.25, -0.2) is 0 Å². The summed E-state index contributed by atoms with van der Waals surface area (Å²) in [6.07, 6.45) is 2.79. The van der Waals surface area contributed by atoms with Gasteiger partial charge in [-0.1, -0.05) is 0 Å². The maximum Gasteiger partial charge on any atom is 0.221 e. The number of piperidine rings is 1. The van der Waals surface area contributed by atoms with E-state index < -0.39 is 0 Å². The summed E-state index contributed by atoms with van der Waals surface area (Å²) in [7, 11) is 1.66. The average Bonchev–Trinajstić information content (AvgIpc) is 2.49. The van der Waals surface area contributed by atoms with Gasteiger partial charge in [-0.15, -0.1) is 11.8 Å². The Morgan fingerprint density at radius 1 is 1.45 bits per heavy atom. The molecule has 1 aliphatic rings. The lowest BCUT2D eigenvalue weighted by atomic mass is 10.1. The van der Waals surface area contributed by atoms with Crippen LogP contribution in [0.5, 0.6) is 5.75 Å². The summed E-state index contributed by atoms with van der Waals surface area (Å²) < 4.78 is 5.12. The maximum absolute atomic E-state index is 11.8. The predicted molar refractivity (Wildman–Crippen MR) is 82.4 cm³/mol. The van der Waals surface area contributed by atoms with Gasteiger partial charge in [-0.05, 0) is 43.7 Å². The van der Waals surface area contributed by atoms with Gasteiger partial charge >= 0.3 is 0 Å². The van der Waals surface area contributed by atoms with Gasteiger partial charge in [0.05, 0.1) is 7.11 Å². The highest BCUT2D eigenvalue weighted by Gasteiger charge is 2.14. The predicted octanol–water partition coefficient (Wildman–Crippen LogP) is 2.05. The third-order valence-corrected chi connectivity index (χ3v) is 4.33. The van der Waals surface area contributed by atoms with Gasteiger partial charge in [0, 0.05) is 29.7 Å². The average molecular weight is 294 g/mol. The largest absolute Gasteiger partial charge is 0.497 e. The highest BCUT2D eigenvalue weighted by Crippen LogP contribution is 2.21. The fourth-order valence-corrected chi connectivity index (χ4v) is 3.06. The van der Waals surface area contributed by atoms with Gasteiger partial charge in [0.15, 0.2) is 0 Å². The van der Waals surface area contributed by atoms with Crippen LogP contribution in [-0.2, 0) is 4.79 Å². The number of methoxy groups -OCH3 is 1. The van der Waals surface area contributed by atoms with Crippen molar-refractivity contribution >= 4 is 17.7 Å². The summed E-state index contributed by atoms with van der Waals surface area (Å²) in [6.45, 7) is 1.97. The third kappa shape index (κ3) is 5.06. The van der Waals surface area contributed by atoms with E-state index in [1.807, 2.05) is 24.3 Å².